The monoisotopic (exact) mass is 379 g/mol. The van der Waals surface area contributed by atoms with Crippen molar-refractivity contribution < 1.29 is 27.8 Å². The first-order chi connectivity index (χ1) is 12.9. The van der Waals surface area contributed by atoms with Gasteiger partial charge in [-0.25, -0.2) is 0 Å². The number of rotatable bonds is 9. The Labute approximate surface area is 157 Å². The number of carbonyl (C=O) groups is 1. The molecule has 0 spiro atoms. The number of hydrogen-bond donors (Lipinski definition) is 1. The lowest BCUT2D eigenvalue weighted by Crippen LogP contribution is -2.28. The maximum absolute atomic E-state index is 12.3. The van der Waals surface area contributed by atoms with Crippen LogP contribution in [0.5, 0.6) is 17.2 Å². The van der Waals surface area contributed by atoms with Crippen molar-refractivity contribution in [3.05, 3.63) is 53.6 Å². The van der Waals surface area contributed by atoms with Crippen LogP contribution in [0.4, 0.5) is 8.78 Å². The Kier molecular flexibility index (Phi) is 7.40. The Balaban J connectivity index is 1.90. The van der Waals surface area contributed by atoms with Gasteiger partial charge < -0.3 is 19.5 Å². The summed E-state index contributed by atoms with van der Waals surface area (Å²) in [6, 6.07) is 12.1. The van der Waals surface area contributed by atoms with Gasteiger partial charge in [0.1, 0.15) is 5.75 Å². The van der Waals surface area contributed by atoms with Crippen molar-refractivity contribution in [3.8, 4) is 17.2 Å². The first-order valence-electron chi connectivity index (χ1n) is 8.50. The van der Waals surface area contributed by atoms with Gasteiger partial charge >= 0.3 is 6.61 Å². The number of para-hydroxylation sites is 1. The third-order valence-corrected chi connectivity index (χ3v) is 3.83. The van der Waals surface area contributed by atoms with E-state index in [0.717, 1.165) is 5.56 Å². The van der Waals surface area contributed by atoms with Crippen molar-refractivity contribution in [2.75, 3.05) is 13.7 Å². The van der Waals surface area contributed by atoms with Crippen LogP contribution in [0.25, 0.3) is 0 Å². The number of ether oxygens (including phenoxy) is 3. The summed E-state index contributed by atoms with van der Waals surface area (Å²) in [5.41, 5.74) is 1.72. The van der Waals surface area contributed by atoms with Gasteiger partial charge in [0.25, 0.3) is 5.91 Å². The standard InChI is InChI=1S/C20H23F2NO4/c1-13(2)15-6-4-5-7-16(15)26-12-19(24)23-11-14-8-9-17(27-20(21)22)18(10-14)25-3/h4-10,13,20H,11-12H2,1-3H3,(H,23,24). The minimum absolute atomic E-state index is 0.0591. The Bertz CT molecular complexity index is 765. The minimum atomic E-state index is -2.93. The molecule has 0 aliphatic rings. The van der Waals surface area contributed by atoms with Crippen LogP contribution in [-0.2, 0) is 11.3 Å². The fourth-order valence-corrected chi connectivity index (χ4v) is 2.50. The van der Waals surface area contributed by atoms with Crippen molar-refractivity contribution in [1.29, 1.82) is 0 Å². The summed E-state index contributed by atoms with van der Waals surface area (Å²) in [5, 5.41) is 2.72. The minimum Gasteiger partial charge on any atom is -0.493 e. The molecule has 1 amide bonds. The molecule has 0 radical (unpaired) electrons. The molecular formula is C20H23F2NO4. The molecule has 0 fully saturated rings. The van der Waals surface area contributed by atoms with Crippen molar-refractivity contribution in [1.82, 2.24) is 5.32 Å². The van der Waals surface area contributed by atoms with E-state index in [2.05, 4.69) is 23.9 Å². The van der Waals surface area contributed by atoms with Crippen molar-refractivity contribution in [3.63, 3.8) is 0 Å². The van der Waals surface area contributed by atoms with E-state index >= 15 is 0 Å². The van der Waals surface area contributed by atoms with Crippen LogP contribution in [0.15, 0.2) is 42.5 Å². The molecule has 2 rings (SSSR count). The number of alkyl halides is 2. The maximum Gasteiger partial charge on any atom is 0.387 e. The second-order valence-corrected chi connectivity index (χ2v) is 6.12. The summed E-state index contributed by atoms with van der Waals surface area (Å²) in [7, 11) is 1.36. The predicted molar refractivity (Wildman–Crippen MR) is 97.5 cm³/mol. The number of amides is 1. The zero-order valence-electron chi connectivity index (χ0n) is 15.5. The quantitative estimate of drug-likeness (QED) is 0.712. The molecule has 0 heterocycles. The molecule has 0 aromatic heterocycles. The lowest BCUT2D eigenvalue weighted by Gasteiger charge is -2.14. The van der Waals surface area contributed by atoms with E-state index in [1.54, 1.807) is 6.07 Å². The molecule has 0 aliphatic carbocycles. The van der Waals surface area contributed by atoms with Crippen LogP contribution in [0.2, 0.25) is 0 Å². The third kappa shape index (κ3) is 6.13. The second-order valence-electron chi connectivity index (χ2n) is 6.12. The number of benzene rings is 2. The van der Waals surface area contributed by atoms with Crippen LogP contribution in [0.1, 0.15) is 30.9 Å². The predicted octanol–water partition coefficient (Wildman–Crippen LogP) is 4.12. The Morgan fingerprint density at radius 1 is 1.07 bits per heavy atom. The van der Waals surface area contributed by atoms with E-state index in [-0.39, 0.29) is 36.5 Å². The van der Waals surface area contributed by atoms with Gasteiger partial charge in [0.2, 0.25) is 0 Å². The summed E-state index contributed by atoms with van der Waals surface area (Å²) in [4.78, 5) is 12.0. The third-order valence-electron chi connectivity index (χ3n) is 3.83. The number of halogens is 2. The smallest absolute Gasteiger partial charge is 0.387 e. The van der Waals surface area contributed by atoms with Crippen LogP contribution in [0, 0.1) is 0 Å². The van der Waals surface area contributed by atoms with Gasteiger partial charge in [-0.1, -0.05) is 38.1 Å². The summed E-state index contributed by atoms with van der Waals surface area (Å²) in [6.45, 7) is 1.26. The topological polar surface area (TPSA) is 56.8 Å². The molecule has 0 saturated carbocycles. The molecule has 0 bridgehead atoms. The van der Waals surface area contributed by atoms with Crippen LogP contribution < -0.4 is 19.5 Å². The Morgan fingerprint density at radius 2 is 1.81 bits per heavy atom. The lowest BCUT2D eigenvalue weighted by molar-refractivity contribution is -0.123. The zero-order chi connectivity index (χ0) is 19.8. The first kappa shape index (κ1) is 20.5. The SMILES string of the molecule is COc1cc(CNC(=O)COc2ccccc2C(C)C)ccc1OC(F)F. The van der Waals surface area contributed by atoms with Crippen LogP contribution in [0.3, 0.4) is 0 Å². The number of nitrogens with one attached hydrogen (secondary N) is 1. The van der Waals surface area contributed by atoms with E-state index in [9.17, 15) is 13.6 Å². The second kappa shape index (κ2) is 9.75. The van der Waals surface area contributed by atoms with Crippen molar-refractivity contribution >= 4 is 5.91 Å². The number of carbonyl (C=O) groups excluding carboxylic acids is 1. The average Bonchev–Trinajstić information content (AvgIpc) is 2.65. The van der Waals surface area contributed by atoms with Gasteiger partial charge in [-0.3, -0.25) is 4.79 Å². The van der Waals surface area contributed by atoms with Crippen molar-refractivity contribution in [2.24, 2.45) is 0 Å². The highest BCUT2D eigenvalue weighted by Crippen LogP contribution is 2.29. The first-order valence-corrected chi connectivity index (χ1v) is 8.50. The van der Waals surface area contributed by atoms with Crippen LogP contribution >= 0.6 is 0 Å². The summed E-state index contributed by atoms with van der Waals surface area (Å²) >= 11 is 0. The highest BCUT2D eigenvalue weighted by molar-refractivity contribution is 5.77. The van der Waals surface area contributed by atoms with Gasteiger partial charge in [-0.15, -0.1) is 0 Å². The highest BCUT2D eigenvalue weighted by atomic mass is 19.3. The molecule has 5 nitrogen and oxygen atoms in total. The van der Waals surface area contributed by atoms with E-state index in [1.807, 2.05) is 24.3 Å². The molecule has 146 valence electrons. The lowest BCUT2D eigenvalue weighted by atomic mass is 10.0. The van der Waals surface area contributed by atoms with E-state index < -0.39 is 6.61 Å². The number of hydrogen-bond acceptors (Lipinski definition) is 4. The van der Waals surface area contributed by atoms with E-state index in [0.29, 0.717) is 11.3 Å². The summed E-state index contributed by atoms with van der Waals surface area (Å²) in [6.07, 6.45) is 0. The summed E-state index contributed by atoms with van der Waals surface area (Å²) < 4.78 is 39.7. The van der Waals surface area contributed by atoms with E-state index in [4.69, 9.17) is 9.47 Å². The molecule has 0 aliphatic heterocycles. The van der Waals surface area contributed by atoms with Crippen molar-refractivity contribution in [2.45, 2.75) is 32.9 Å². The van der Waals surface area contributed by atoms with Crippen LogP contribution in [-0.4, -0.2) is 26.2 Å². The molecule has 0 unspecified atom stereocenters. The van der Waals surface area contributed by atoms with Gasteiger partial charge in [0.15, 0.2) is 18.1 Å². The fourth-order valence-electron chi connectivity index (χ4n) is 2.50. The molecule has 0 atom stereocenters. The fraction of sp³-hybridized carbons (Fsp3) is 0.350. The Morgan fingerprint density at radius 3 is 2.48 bits per heavy atom. The van der Waals surface area contributed by atoms with Gasteiger partial charge in [-0.05, 0) is 35.2 Å². The largest absolute Gasteiger partial charge is 0.493 e. The van der Waals surface area contributed by atoms with Gasteiger partial charge in [-0.2, -0.15) is 8.78 Å². The zero-order valence-corrected chi connectivity index (χ0v) is 15.5. The molecule has 2 aromatic carbocycles. The van der Waals surface area contributed by atoms with Gasteiger partial charge in [0.05, 0.1) is 7.11 Å². The molecule has 2 aromatic rings. The molecular weight excluding hydrogens is 356 g/mol. The normalized spacial score (nSPS) is 10.8. The summed E-state index contributed by atoms with van der Waals surface area (Å²) in [5.74, 6) is 0.782. The highest BCUT2D eigenvalue weighted by Gasteiger charge is 2.12. The number of methoxy groups -OCH3 is 1. The van der Waals surface area contributed by atoms with Gasteiger partial charge in [0, 0.05) is 6.54 Å². The molecule has 1 N–H and O–H groups in total. The average molecular weight is 379 g/mol. The Hall–Kier alpha value is -2.83. The molecule has 27 heavy (non-hydrogen) atoms. The maximum atomic E-state index is 12.3. The molecule has 7 heteroatoms. The van der Waals surface area contributed by atoms with E-state index in [1.165, 1.54) is 19.2 Å². The molecule has 0 saturated heterocycles.